The smallest absolute Gasteiger partial charge is 0.240 e. The minimum atomic E-state index is -3.38. The summed E-state index contributed by atoms with van der Waals surface area (Å²) in [6.07, 6.45) is 0.895. The van der Waals surface area contributed by atoms with Crippen LogP contribution in [0.3, 0.4) is 0 Å². The molecule has 1 aromatic rings. The molecule has 1 unspecified atom stereocenters. The molecule has 2 N–H and O–H groups in total. The van der Waals surface area contributed by atoms with Crippen LogP contribution in [0.15, 0.2) is 29.2 Å². The van der Waals surface area contributed by atoms with Crippen molar-refractivity contribution in [2.75, 3.05) is 6.54 Å². The van der Waals surface area contributed by atoms with Crippen molar-refractivity contribution in [1.82, 2.24) is 10.0 Å². The number of hydrogen-bond acceptors (Lipinski definition) is 3. The zero-order valence-corrected chi connectivity index (χ0v) is 12.9. The maximum atomic E-state index is 12.0. The summed E-state index contributed by atoms with van der Waals surface area (Å²) in [5, 5.41) is 3.33. The minimum absolute atomic E-state index is 0.0987. The van der Waals surface area contributed by atoms with Crippen molar-refractivity contribution in [2.24, 2.45) is 0 Å². The molecule has 0 bridgehead atoms. The van der Waals surface area contributed by atoms with E-state index >= 15 is 0 Å². The first-order valence-corrected chi connectivity index (χ1v) is 8.18. The summed E-state index contributed by atoms with van der Waals surface area (Å²) in [5.41, 5.74) is 1.14. The zero-order valence-electron chi connectivity index (χ0n) is 12.1. The van der Waals surface area contributed by atoms with Gasteiger partial charge in [-0.25, -0.2) is 13.1 Å². The predicted octanol–water partition coefficient (Wildman–Crippen LogP) is 1.91. The second kappa shape index (κ2) is 7.03. The van der Waals surface area contributed by atoms with Crippen LogP contribution in [0, 0.1) is 0 Å². The van der Waals surface area contributed by atoms with Crippen molar-refractivity contribution < 1.29 is 8.42 Å². The van der Waals surface area contributed by atoms with Crippen LogP contribution in [0.5, 0.6) is 0 Å². The molecule has 108 valence electrons. The first-order valence-electron chi connectivity index (χ1n) is 6.69. The van der Waals surface area contributed by atoms with Gasteiger partial charge in [-0.1, -0.05) is 19.1 Å². The summed E-state index contributed by atoms with van der Waals surface area (Å²) < 4.78 is 26.5. The van der Waals surface area contributed by atoms with E-state index in [1.54, 1.807) is 12.1 Å². The van der Waals surface area contributed by atoms with Crippen LogP contribution < -0.4 is 10.0 Å². The normalized spacial score (nSPS) is 13.7. The third kappa shape index (κ3) is 5.30. The zero-order chi connectivity index (χ0) is 14.5. The van der Waals surface area contributed by atoms with Gasteiger partial charge < -0.3 is 5.32 Å². The number of hydrogen-bond donors (Lipinski definition) is 2. The van der Waals surface area contributed by atoms with E-state index in [0.717, 1.165) is 18.5 Å². The Balaban J connectivity index is 2.76. The molecule has 4 nitrogen and oxygen atoms in total. The second-order valence-corrected chi connectivity index (χ2v) is 6.80. The van der Waals surface area contributed by atoms with E-state index in [4.69, 9.17) is 0 Å². The lowest BCUT2D eigenvalue weighted by molar-refractivity contribution is 0.564. The Hall–Kier alpha value is -0.910. The SMILES string of the molecule is CCNC(C)Cc1ccc(S(=O)(=O)NC(C)C)cc1. The van der Waals surface area contributed by atoms with Crippen molar-refractivity contribution in [3.63, 3.8) is 0 Å². The lowest BCUT2D eigenvalue weighted by Crippen LogP contribution is -2.30. The monoisotopic (exact) mass is 284 g/mol. The predicted molar refractivity (Wildman–Crippen MR) is 78.7 cm³/mol. The highest BCUT2D eigenvalue weighted by Gasteiger charge is 2.14. The molecule has 0 aromatic heterocycles. The highest BCUT2D eigenvalue weighted by atomic mass is 32.2. The lowest BCUT2D eigenvalue weighted by atomic mass is 10.1. The molecule has 1 aromatic carbocycles. The molecule has 1 rings (SSSR count). The van der Waals surface area contributed by atoms with Gasteiger partial charge in [0.25, 0.3) is 0 Å². The lowest BCUT2D eigenvalue weighted by Gasteiger charge is -2.13. The molecule has 0 aliphatic rings. The van der Waals surface area contributed by atoms with Crippen LogP contribution in [-0.4, -0.2) is 27.0 Å². The van der Waals surface area contributed by atoms with Crippen molar-refractivity contribution in [3.8, 4) is 0 Å². The van der Waals surface area contributed by atoms with E-state index < -0.39 is 10.0 Å². The molecule has 0 fully saturated rings. The Labute approximate surface area is 116 Å². The maximum Gasteiger partial charge on any atom is 0.240 e. The number of nitrogens with one attached hydrogen (secondary N) is 2. The van der Waals surface area contributed by atoms with Gasteiger partial charge in [0.2, 0.25) is 10.0 Å². The Kier molecular flexibility index (Phi) is 5.97. The molecule has 1 atom stereocenters. The van der Waals surface area contributed by atoms with Gasteiger partial charge in [-0.15, -0.1) is 0 Å². The summed E-state index contributed by atoms with van der Waals surface area (Å²) in [6.45, 7) is 8.75. The van der Waals surface area contributed by atoms with Crippen LogP contribution in [0.2, 0.25) is 0 Å². The maximum absolute atomic E-state index is 12.0. The number of rotatable bonds is 7. The Bertz CT molecular complexity index is 481. The standard InChI is InChI=1S/C14H24N2O2S/c1-5-15-12(4)10-13-6-8-14(9-7-13)19(17,18)16-11(2)3/h6-9,11-12,15-16H,5,10H2,1-4H3. The average molecular weight is 284 g/mol. The van der Waals surface area contributed by atoms with E-state index in [0.29, 0.717) is 10.9 Å². The number of likely N-dealkylation sites (N-methyl/N-ethyl adjacent to an activating group) is 1. The molecule has 0 aliphatic carbocycles. The van der Waals surface area contributed by atoms with E-state index in [1.807, 2.05) is 26.0 Å². The molecule has 0 spiro atoms. The van der Waals surface area contributed by atoms with Crippen LogP contribution in [0.4, 0.5) is 0 Å². The van der Waals surface area contributed by atoms with Gasteiger partial charge in [0, 0.05) is 12.1 Å². The van der Waals surface area contributed by atoms with Gasteiger partial charge in [0.05, 0.1) is 4.90 Å². The van der Waals surface area contributed by atoms with Crippen LogP contribution in [-0.2, 0) is 16.4 Å². The molecular formula is C14H24N2O2S. The molecule has 0 aliphatic heterocycles. The van der Waals surface area contributed by atoms with Gasteiger partial charge in [-0.3, -0.25) is 0 Å². The quantitative estimate of drug-likeness (QED) is 0.804. The molecule has 0 saturated carbocycles. The second-order valence-electron chi connectivity index (χ2n) is 5.08. The number of benzene rings is 1. The average Bonchev–Trinajstić information content (AvgIpc) is 2.28. The van der Waals surface area contributed by atoms with Gasteiger partial charge >= 0.3 is 0 Å². The molecule has 19 heavy (non-hydrogen) atoms. The first kappa shape index (κ1) is 16.1. The highest BCUT2D eigenvalue weighted by molar-refractivity contribution is 7.89. The van der Waals surface area contributed by atoms with Crippen LogP contribution >= 0.6 is 0 Å². The fraction of sp³-hybridized carbons (Fsp3) is 0.571. The molecule has 0 amide bonds. The highest BCUT2D eigenvalue weighted by Crippen LogP contribution is 2.12. The van der Waals surface area contributed by atoms with E-state index in [9.17, 15) is 8.42 Å². The summed E-state index contributed by atoms with van der Waals surface area (Å²) >= 11 is 0. The minimum Gasteiger partial charge on any atom is -0.314 e. The Morgan fingerprint density at radius 2 is 1.68 bits per heavy atom. The Morgan fingerprint density at radius 3 is 2.16 bits per heavy atom. The van der Waals surface area contributed by atoms with Gasteiger partial charge in [-0.05, 0) is 51.4 Å². The largest absolute Gasteiger partial charge is 0.314 e. The van der Waals surface area contributed by atoms with E-state index in [1.165, 1.54) is 0 Å². The topological polar surface area (TPSA) is 58.2 Å². The van der Waals surface area contributed by atoms with Gasteiger partial charge in [0.1, 0.15) is 0 Å². The fourth-order valence-electron chi connectivity index (χ4n) is 1.96. The molecular weight excluding hydrogens is 260 g/mol. The van der Waals surface area contributed by atoms with Gasteiger partial charge in [-0.2, -0.15) is 0 Å². The van der Waals surface area contributed by atoms with Crippen molar-refractivity contribution in [2.45, 2.75) is 51.1 Å². The van der Waals surface area contributed by atoms with E-state index in [2.05, 4.69) is 23.9 Å². The molecule has 0 heterocycles. The first-order chi connectivity index (χ1) is 8.85. The van der Waals surface area contributed by atoms with Crippen LogP contribution in [0.1, 0.15) is 33.3 Å². The van der Waals surface area contributed by atoms with Crippen molar-refractivity contribution in [1.29, 1.82) is 0 Å². The van der Waals surface area contributed by atoms with Crippen LogP contribution in [0.25, 0.3) is 0 Å². The summed E-state index contributed by atoms with van der Waals surface area (Å²) in [4.78, 5) is 0.320. The summed E-state index contributed by atoms with van der Waals surface area (Å²) in [6, 6.07) is 7.38. The van der Waals surface area contributed by atoms with Crippen molar-refractivity contribution >= 4 is 10.0 Å². The fourth-order valence-corrected chi connectivity index (χ4v) is 3.21. The summed E-state index contributed by atoms with van der Waals surface area (Å²) in [5.74, 6) is 0. The Morgan fingerprint density at radius 1 is 1.11 bits per heavy atom. The summed E-state index contributed by atoms with van der Waals surface area (Å²) in [7, 11) is -3.38. The molecule has 5 heteroatoms. The third-order valence-electron chi connectivity index (χ3n) is 2.72. The van der Waals surface area contributed by atoms with Crippen molar-refractivity contribution in [3.05, 3.63) is 29.8 Å². The molecule has 0 saturated heterocycles. The number of sulfonamides is 1. The third-order valence-corrected chi connectivity index (χ3v) is 4.39. The van der Waals surface area contributed by atoms with E-state index in [-0.39, 0.29) is 6.04 Å². The van der Waals surface area contributed by atoms with Gasteiger partial charge in [0.15, 0.2) is 0 Å². The molecule has 0 radical (unpaired) electrons.